The van der Waals surface area contributed by atoms with Crippen LogP contribution in [0.5, 0.6) is 0 Å². The van der Waals surface area contributed by atoms with Gasteiger partial charge in [0.1, 0.15) is 11.7 Å². The fourth-order valence-corrected chi connectivity index (χ4v) is 5.03. The van der Waals surface area contributed by atoms with Crippen LogP contribution in [0.25, 0.3) is 0 Å². The Morgan fingerprint density at radius 3 is 2.60 bits per heavy atom. The van der Waals surface area contributed by atoms with Crippen LogP contribution in [0.4, 0.5) is 5.13 Å². The highest BCUT2D eigenvalue weighted by molar-refractivity contribution is 7.84. The first kappa shape index (κ1) is 32.3. The third kappa shape index (κ3) is 7.94. The summed E-state index contributed by atoms with van der Waals surface area (Å²) in [6.45, 7) is 0.444. The van der Waals surface area contributed by atoms with Gasteiger partial charge in [0.05, 0.1) is 19.1 Å². The molecule has 2 amide bonds. The fraction of sp³-hybridized carbons (Fsp3) is 0.500. The van der Waals surface area contributed by atoms with Gasteiger partial charge in [0.15, 0.2) is 16.8 Å². The summed E-state index contributed by atoms with van der Waals surface area (Å²) in [6, 6.07) is -2.91. The first-order valence-corrected chi connectivity index (χ1v) is 14.5. The number of carboxylic acid groups (broad SMARTS) is 1. The van der Waals surface area contributed by atoms with Crippen molar-refractivity contribution in [2.45, 2.75) is 36.9 Å². The lowest BCUT2D eigenvalue weighted by atomic mass is 9.98. The number of nitrogen functional groups attached to an aromatic ring is 1. The molecule has 232 valence electrons. The maximum atomic E-state index is 13.2. The molecule has 0 bridgehead atoms. The van der Waals surface area contributed by atoms with Gasteiger partial charge in [-0.25, -0.2) is 24.9 Å². The molecule has 2 aliphatic rings. The van der Waals surface area contributed by atoms with Crippen molar-refractivity contribution in [1.82, 2.24) is 24.9 Å². The third-order valence-electron chi connectivity index (χ3n) is 5.94. The normalized spacial score (nSPS) is 20.5. The van der Waals surface area contributed by atoms with Gasteiger partial charge in [-0.2, -0.15) is 8.42 Å². The summed E-state index contributed by atoms with van der Waals surface area (Å²) < 4.78 is 33.5. The van der Waals surface area contributed by atoms with Gasteiger partial charge in [0.2, 0.25) is 5.60 Å². The Hall–Kier alpha value is -4.25. The van der Waals surface area contributed by atoms with Crippen LogP contribution >= 0.6 is 11.3 Å². The summed E-state index contributed by atoms with van der Waals surface area (Å²) in [5, 5.41) is 20.5. The number of aliphatic carboxylic acids is 1. The molecule has 14 N–H and O–H groups in total. The number of aromatic nitrogens is 1. The molecule has 1 saturated heterocycles. The van der Waals surface area contributed by atoms with E-state index in [9.17, 15) is 32.5 Å². The minimum Gasteiger partial charge on any atom is -0.478 e. The summed E-state index contributed by atoms with van der Waals surface area (Å²) in [7, 11) is -5.04. The fourth-order valence-electron chi connectivity index (χ4n) is 3.62. The number of carbonyl (C=O) groups excluding carboxylic acids is 2. The van der Waals surface area contributed by atoms with Gasteiger partial charge < -0.3 is 48.5 Å². The zero-order chi connectivity index (χ0) is 31.2. The standard InChI is InChI=1S/C20H32N12O8S2/c21-4-1-5-26-18(23)27-6-10(22)7-31(25)8-12-14(16(34)32(12)42(37,38)39)29-15(33)13(11-9-41-19(24)28-11)30-40-20(2-3-20)17(35)36/h7,9,12,14H,1-6,8,21-22,25H2,(H2,24,28)(H,29,33)(H,35,36)(H3,23,26,27)(H,37,38,39)/b10-7-,30-13-/t12-,14+/m1/s1. The average molecular weight is 633 g/mol. The van der Waals surface area contributed by atoms with E-state index in [-0.39, 0.29) is 46.2 Å². The SMILES string of the molecule is NCCCNC(N)=NC/C(N)=C/N(N)C[C@@H]1[C@H](NC(=O)/C(=N\OC2(C(=O)O)CC2)c2csc(N)n2)C(=O)N1S(=O)(=O)O. The van der Waals surface area contributed by atoms with Crippen LogP contribution in [0.15, 0.2) is 27.4 Å². The van der Waals surface area contributed by atoms with Gasteiger partial charge in [0, 0.05) is 36.7 Å². The Balaban J connectivity index is 1.75. The predicted octanol–water partition coefficient (Wildman–Crippen LogP) is -4.21. The number of nitrogens with one attached hydrogen (secondary N) is 2. The van der Waals surface area contributed by atoms with Crippen molar-refractivity contribution < 1.29 is 37.3 Å². The number of anilines is 1. The smallest absolute Gasteiger partial charge is 0.362 e. The van der Waals surface area contributed by atoms with Crippen molar-refractivity contribution in [2.24, 2.45) is 33.2 Å². The largest absolute Gasteiger partial charge is 0.478 e. The highest BCUT2D eigenvalue weighted by atomic mass is 32.2. The molecular formula is C20H32N12O8S2. The Morgan fingerprint density at radius 2 is 2.05 bits per heavy atom. The van der Waals surface area contributed by atoms with E-state index in [0.717, 1.165) is 16.3 Å². The first-order valence-electron chi connectivity index (χ1n) is 12.2. The minimum absolute atomic E-state index is 0.0561. The first-order chi connectivity index (χ1) is 19.7. The number of guanidine groups is 1. The molecule has 1 aliphatic heterocycles. The van der Waals surface area contributed by atoms with E-state index in [0.29, 0.717) is 19.5 Å². The van der Waals surface area contributed by atoms with Crippen molar-refractivity contribution in [3.63, 3.8) is 0 Å². The molecule has 22 heteroatoms. The Morgan fingerprint density at radius 1 is 1.36 bits per heavy atom. The third-order valence-corrected chi connectivity index (χ3v) is 7.56. The van der Waals surface area contributed by atoms with Crippen molar-refractivity contribution in [2.75, 3.05) is 31.9 Å². The number of hydrogen-bond donors (Lipinski definition) is 9. The van der Waals surface area contributed by atoms with Gasteiger partial charge >= 0.3 is 16.3 Å². The number of carbonyl (C=O) groups is 3. The number of hydrazine groups is 1. The molecule has 1 aromatic rings. The number of thiazole rings is 1. The average Bonchev–Trinajstić information content (AvgIpc) is 3.58. The van der Waals surface area contributed by atoms with E-state index in [4.69, 9.17) is 33.6 Å². The summed E-state index contributed by atoms with van der Waals surface area (Å²) in [5.41, 5.74) is 20.6. The lowest BCUT2D eigenvalue weighted by Gasteiger charge is -2.45. The van der Waals surface area contributed by atoms with Crippen molar-refractivity contribution in [3.8, 4) is 0 Å². The molecule has 0 aromatic carbocycles. The second kappa shape index (κ2) is 13.2. The van der Waals surface area contributed by atoms with E-state index < -0.39 is 58.0 Å². The molecule has 0 radical (unpaired) electrons. The second-order valence-electron chi connectivity index (χ2n) is 9.20. The minimum atomic E-state index is -5.04. The number of aliphatic imine (C=N–C) groups is 1. The highest BCUT2D eigenvalue weighted by Crippen LogP contribution is 2.40. The molecule has 0 unspecified atom stereocenters. The van der Waals surface area contributed by atoms with Gasteiger partial charge in [-0.3, -0.25) is 14.1 Å². The number of nitrogens with two attached hydrogens (primary N) is 5. The number of amides is 2. The highest BCUT2D eigenvalue weighted by Gasteiger charge is 2.56. The molecule has 1 aromatic heterocycles. The molecule has 20 nitrogen and oxygen atoms in total. The lowest BCUT2D eigenvalue weighted by molar-refractivity contribution is -0.153. The van der Waals surface area contributed by atoms with Crippen LogP contribution in [0.3, 0.4) is 0 Å². The molecule has 2 fully saturated rings. The summed E-state index contributed by atoms with van der Waals surface area (Å²) in [4.78, 5) is 50.4. The van der Waals surface area contributed by atoms with E-state index in [1.165, 1.54) is 11.6 Å². The summed E-state index contributed by atoms with van der Waals surface area (Å²) >= 11 is 0.952. The molecule has 42 heavy (non-hydrogen) atoms. The summed E-state index contributed by atoms with van der Waals surface area (Å²) in [6.07, 6.45) is 2.16. The number of carboxylic acids is 1. The number of hydrogen-bond acceptors (Lipinski definition) is 15. The monoisotopic (exact) mass is 632 g/mol. The van der Waals surface area contributed by atoms with Crippen LogP contribution in [0, 0.1) is 0 Å². The second-order valence-corrected chi connectivity index (χ2v) is 11.4. The topological polar surface area (TPSA) is 333 Å². The maximum Gasteiger partial charge on any atom is 0.362 e. The maximum absolute atomic E-state index is 13.2. The Kier molecular flexibility index (Phi) is 10.1. The summed E-state index contributed by atoms with van der Waals surface area (Å²) in [5.74, 6) is 2.52. The molecule has 0 spiro atoms. The lowest BCUT2D eigenvalue weighted by Crippen LogP contribution is -2.74. The van der Waals surface area contributed by atoms with E-state index in [2.05, 4.69) is 25.8 Å². The van der Waals surface area contributed by atoms with Crippen LogP contribution in [0.2, 0.25) is 0 Å². The Labute approximate surface area is 243 Å². The van der Waals surface area contributed by atoms with Crippen LogP contribution in [-0.4, -0.2) is 106 Å². The molecule has 1 saturated carbocycles. The van der Waals surface area contributed by atoms with E-state index in [1.54, 1.807) is 0 Å². The van der Waals surface area contributed by atoms with E-state index in [1.807, 2.05) is 0 Å². The van der Waals surface area contributed by atoms with Gasteiger partial charge in [-0.1, -0.05) is 5.16 Å². The molecule has 1 aliphatic carbocycles. The molecule has 2 heterocycles. The zero-order valence-corrected chi connectivity index (χ0v) is 23.7. The predicted molar refractivity (Wildman–Crippen MR) is 149 cm³/mol. The Bertz CT molecular complexity index is 1390. The van der Waals surface area contributed by atoms with Crippen molar-refractivity contribution >= 4 is 56.2 Å². The molecule has 3 rings (SSSR count). The number of β-lactam (4-membered cyclic amide) rings is 1. The number of nitrogens with zero attached hydrogens (tertiary/aromatic N) is 5. The van der Waals surface area contributed by atoms with Gasteiger partial charge in [0.25, 0.3) is 11.8 Å². The van der Waals surface area contributed by atoms with Gasteiger partial charge in [-0.15, -0.1) is 11.3 Å². The van der Waals surface area contributed by atoms with Crippen molar-refractivity contribution in [3.05, 3.63) is 23.0 Å². The number of oxime groups is 1. The van der Waals surface area contributed by atoms with Crippen LogP contribution < -0.4 is 39.4 Å². The van der Waals surface area contributed by atoms with Gasteiger partial charge in [-0.05, 0) is 13.0 Å². The molecule has 2 atom stereocenters. The van der Waals surface area contributed by atoms with E-state index >= 15 is 0 Å². The quantitative estimate of drug-likeness (QED) is 0.0168. The van der Waals surface area contributed by atoms with Crippen molar-refractivity contribution in [1.29, 1.82) is 0 Å². The van der Waals surface area contributed by atoms with Crippen LogP contribution in [-0.2, 0) is 29.5 Å². The van der Waals surface area contributed by atoms with Crippen LogP contribution in [0.1, 0.15) is 25.0 Å². The number of rotatable bonds is 15. The molecular weight excluding hydrogens is 600 g/mol. The zero-order valence-electron chi connectivity index (χ0n) is 22.0.